The van der Waals surface area contributed by atoms with Gasteiger partial charge in [0.15, 0.2) is 0 Å². The Balaban J connectivity index is 0.000000980. The Morgan fingerprint density at radius 2 is 1.27 bits per heavy atom. The van der Waals surface area contributed by atoms with Crippen LogP contribution in [0.15, 0.2) is 12.2 Å². The number of carboxylic acids is 2. The first-order valence-electron chi connectivity index (χ1n) is 4.21. The van der Waals surface area contributed by atoms with Gasteiger partial charge in [-0.05, 0) is 18.3 Å². The van der Waals surface area contributed by atoms with Crippen molar-refractivity contribution in [3.05, 3.63) is 12.2 Å². The molecule has 0 amide bonds. The molecule has 2 rings (SSSR count). The van der Waals surface area contributed by atoms with Gasteiger partial charge in [-0.3, -0.25) is 0 Å². The summed E-state index contributed by atoms with van der Waals surface area (Å²) in [6, 6.07) is 0. The minimum absolute atomic E-state index is 0. The maximum atomic E-state index is 10.7. The summed E-state index contributed by atoms with van der Waals surface area (Å²) in [5.41, 5.74) is 0. The van der Waals surface area contributed by atoms with Crippen molar-refractivity contribution in [2.45, 2.75) is 6.42 Å². The van der Waals surface area contributed by atoms with Gasteiger partial charge in [0.1, 0.15) is 0 Å². The SMILES string of the molecule is O=C([O-])C1C(C(=O)[O-])[C@H]2C=C[C@@H]1C2.[K+].[K+]. The third kappa shape index (κ3) is 3.24. The summed E-state index contributed by atoms with van der Waals surface area (Å²) in [6.07, 6.45) is 4.15. The second-order valence-corrected chi connectivity index (χ2v) is 3.64. The first-order chi connectivity index (χ1) is 6.11. The molecule has 0 saturated heterocycles. The van der Waals surface area contributed by atoms with Crippen LogP contribution in [0.5, 0.6) is 0 Å². The Bertz CT molecular complexity index is 274. The molecule has 1 saturated carbocycles. The molecule has 70 valence electrons. The van der Waals surface area contributed by atoms with Gasteiger partial charge in [0.05, 0.1) is 0 Å². The summed E-state index contributed by atoms with van der Waals surface area (Å²) >= 11 is 0. The van der Waals surface area contributed by atoms with E-state index in [4.69, 9.17) is 0 Å². The van der Waals surface area contributed by atoms with Crippen molar-refractivity contribution in [3.8, 4) is 0 Å². The zero-order chi connectivity index (χ0) is 9.59. The monoisotopic (exact) mass is 258 g/mol. The van der Waals surface area contributed by atoms with Crippen LogP contribution in [-0.4, -0.2) is 11.9 Å². The Hall–Kier alpha value is 1.95. The molecule has 2 aliphatic carbocycles. The number of fused-ring (bicyclic) bond motifs is 2. The number of aliphatic carboxylic acids is 2. The van der Waals surface area contributed by atoms with Gasteiger partial charge >= 0.3 is 103 Å². The molecule has 0 radical (unpaired) electrons. The number of carbonyl (C=O) groups is 2. The number of hydrogen-bond donors (Lipinski definition) is 0. The van der Waals surface area contributed by atoms with E-state index in [9.17, 15) is 19.8 Å². The van der Waals surface area contributed by atoms with E-state index in [2.05, 4.69) is 0 Å². The fraction of sp³-hybridized carbons (Fsp3) is 0.556. The van der Waals surface area contributed by atoms with Crippen LogP contribution in [0.3, 0.4) is 0 Å². The third-order valence-corrected chi connectivity index (χ3v) is 3.00. The Morgan fingerprint density at radius 1 is 0.933 bits per heavy atom. The largest absolute Gasteiger partial charge is 1.00 e. The second-order valence-electron chi connectivity index (χ2n) is 3.64. The smallest absolute Gasteiger partial charge is 0.550 e. The molecule has 0 spiro atoms. The number of rotatable bonds is 2. The molecule has 0 aliphatic heterocycles. The van der Waals surface area contributed by atoms with E-state index in [-0.39, 0.29) is 115 Å². The molecule has 0 heterocycles. The van der Waals surface area contributed by atoms with Crippen LogP contribution >= 0.6 is 0 Å². The van der Waals surface area contributed by atoms with E-state index in [1.807, 2.05) is 0 Å². The predicted octanol–water partition coefficient (Wildman–Crippen LogP) is -8.07. The van der Waals surface area contributed by atoms with Gasteiger partial charge in [-0.2, -0.15) is 0 Å². The number of allylic oxidation sites excluding steroid dienone is 2. The van der Waals surface area contributed by atoms with Crippen LogP contribution in [0.2, 0.25) is 0 Å². The van der Waals surface area contributed by atoms with Crippen molar-refractivity contribution in [2.24, 2.45) is 23.7 Å². The van der Waals surface area contributed by atoms with E-state index in [0.717, 1.165) is 0 Å². The molecule has 4 atom stereocenters. The summed E-state index contributed by atoms with van der Waals surface area (Å²) in [4.78, 5) is 21.3. The molecule has 2 aliphatic rings. The Morgan fingerprint density at radius 3 is 1.53 bits per heavy atom. The van der Waals surface area contributed by atoms with Crippen molar-refractivity contribution < 1.29 is 123 Å². The first kappa shape index (κ1) is 17.0. The third-order valence-electron chi connectivity index (χ3n) is 3.00. The van der Waals surface area contributed by atoms with Crippen LogP contribution in [0.4, 0.5) is 0 Å². The van der Waals surface area contributed by atoms with Gasteiger partial charge in [0.25, 0.3) is 0 Å². The van der Waals surface area contributed by atoms with Crippen molar-refractivity contribution in [1.29, 1.82) is 0 Å². The molecule has 6 heteroatoms. The second kappa shape index (κ2) is 6.77. The van der Waals surface area contributed by atoms with Gasteiger partial charge in [0, 0.05) is 23.8 Å². The molecular formula is C9H8K2O4. The fourth-order valence-electron chi connectivity index (χ4n) is 2.46. The normalized spacial score (nSPS) is 35.5. The number of carboxylic acid groups (broad SMARTS) is 2. The fourth-order valence-corrected chi connectivity index (χ4v) is 2.46. The average molecular weight is 258 g/mol. The zero-order valence-electron chi connectivity index (χ0n) is 8.80. The summed E-state index contributed by atoms with van der Waals surface area (Å²) in [7, 11) is 0. The van der Waals surface area contributed by atoms with E-state index in [0.29, 0.717) is 6.42 Å². The van der Waals surface area contributed by atoms with E-state index >= 15 is 0 Å². The first-order valence-corrected chi connectivity index (χ1v) is 4.21. The van der Waals surface area contributed by atoms with Gasteiger partial charge < -0.3 is 19.8 Å². The maximum Gasteiger partial charge on any atom is 1.00 e. The Labute approximate surface area is 173 Å². The number of carbonyl (C=O) groups excluding carboxylic acids is 2. The van der Waals surface area contributed by atoms with Gasteiger partial charge in [-0.1, -0.05) is 12.2 Å². The van der Waals surface area contributed by atoms with Gasteiger partial charge in [0.2, 0.25) is 0 Å². The van der Waals surface area contributed by atoms with Gasteiger partial charge in [-0.15, -0.1) is 0 Å². The molecular weight excluding hydrogens is 250 g/mol. The van der Waals surface area contributed by atoms with Crippen LogP contribution in [-0.2, 0) is 9.59 Å². The van der Waals surface area contributed by atoms with Crippen molar-refractivity contribution >= 4 is 11.9 Å². The maximum absolute atomic E-state index is 10.7. The van der Waals surface area contributed by atoms with Crippen molar-refractivity contribution in [1.82, 2.24) is 0 Å². The van der Waals surface area contributed by atoms with E-state index in [1.165, 1.54) is 0 Å². The van der Waals surface area contributed by atoms with Crippen LogP contribution < -0.4 is 113 Å². The topological polar surface area (TPSA) is 80.3 Å². The minimum Gasteiger partial charge on any atom is -0.550 e. The molecule has 2 bridgehead atoms. The molecule has 4 nitrogen and oxygen atoms in total. The molecule has 0 N–H and O–H groups in total. The molecule has 0 aromatic carbocycles. The summed E-state index contributed by atoms with van der Waals surface area (Å²) < 4.78 is 0. The molecule has 0 aromatic rings. The summed E-state index contributed by atoms with van der Waals surface area (Å²) in [5, 5.41) is 21.3. The molecule has 1 fully saturated rings. The van der Waals surface area contributed by atoms with Crippen molar-refractivity contribution in [2.75, 3.05) is 0 Å². The zero-order valence-corrected chi connectivity index (χ0v) is 15.1. The van der Waals surface area contributed by atoms with Crippen LogP contribution in [0, 0.1) is 23.7 Å². The quantitative estimate of drug-likeness (QED) is 0.364. The summed E-state index contributed by atoms with van der Waals surface area (Å²) in [5.74, 6) is -4.66. The summed E-state index contributed by atoms with van der Waals surface area (Å²) in [6.45, 7) is 0. The van der Waals surface area contributed by atoms with Crippen molar-refractivity contribution in [3.63, 3.8) is 0 Å². The Kier molecular flexibility index (Phi) is 7.65. The van der Waals surface area contributed by atoms with E-state index in [1.54, 1.807) is 12.2 Å². The minimum atomic E-state index is -1.27. The standard InChI is InChI=1S/C9H10O4.2K/c10-8(11)6-4-1-2-5(3-4)7(6)9(12)13;;/h1-2,4-7H,3H2,(H,10,11)(H,12,13);;/q;2*+1/p-2/t4-,5+,6?,7?;;. The van der Waals surface area contributed by atoms with Crippen LogP contribution in [0.1, 0.15) is 6.42 Å². The van der Waals surface area contributed by atoms with E-state index < -0.39 is 23.8 Å². The molecule has 15 heavy (non-hydrogen) atoms. The number of hydrogen-bond acceptors (Lipinski definition) is 4. The molecule has 0 aromatic heterocycles. The predicted molar refractivity (Wildman–Crippen MR) is 37.7 cm³/mol. The molecule has 2 unspecified atom stereocenters. The van der Waals surface area contributed by atoms with Gasteiger partial charge in [-0.25, -0.2) is 0 Å². The van der Waals surface area contributed by atoms with Crippen LogP contribution in [0.25, 0.3) is 0 Å². The average Bonchev–Trinajstić information content (AvgIpc) is 2.60.